The molecule has 0 aliphatic rings. The molecule has 1 N–H and O–H groups in total. The van der Waals surface area contributed by atoms with Crippen molar-refractivity contribution < 1.29 is 22.8 Å². The molecule has 0 aliphatic carbocycles. The van der Waals surface area contributed by atoms with E-state index in [1.807, 2.05) is 0 Å². The van der Waals surface area contributed by atoms with Gasteiger partial charge in [0.15, 0.2) is 11.6 Å². The molecule has 0 fully saturated rings. The van der Waals surface area contributed by atoms with Crippen LogP contribution in [0.2, 0.25) is 0 Å². The summed E-state index contributed by atoms with van der Waals surface area (Å²) in [5.41, 5.74) is 1.39. The number of halogens is 3. The Hall–Kier alpha value is -2.41. The van der Waals surface area contributed by atoms with Crippen LogP contribution in [0.15, 0.2) is 24.3 Å². The maximum Gasteiger partial charge on any atom is 0.416 e. The SMILES string of the molecule is CC(=O)c1c(C)[nH]c(C(=O)C(C)N(C)Cc2ccccc2C(F)(F)F)c1C. The zero-order chi connectivity index (χ0) is 20.5. The number of likely N-dealkylation sites (N-methyl/N-ethyl adjacent to an activating group) is 1. The van der Waals surface area contributed by atoms with Gasteiger partial charge in [-0.2, -0.15) is 13.2 Å². The average molecular weight is 380 g/mol. The van der Waals surface area contributed by atoms with Crippen LogP contribution in [-0.4, -0.2) is 34.5 Å². The van der Waals surface area contributed by atoms with Crippen molar-refractivity contribution in [3.8, 4) is 0 Å². The molecule has 0 saturated heterocycles. The van der Waals surface area contributed by atoms with Crippen molar-refractivity contribution in [1.82, 2.24) is 9.88 Å². The molecule has 0 saturated carbocycles. The Morgan fingerprint density at radius 3 is 2.30 bits per heavy atom. The zero-order valence-corrected chi connectivity index (χ0v) is 16.0. The van der Waals surface area contributed by atoms with Gasteiger partial charge in [0.2, 0.25) is 0 Å². The largest absolute Gasteiger partial charge is 0.416 e. The molecular formula is C20H23F3N2O2. The van der Waals surface area contributed by atoms with Crippen LogP contribution in [0.5, 0.6) is 0 Å². The molecule has 1 atom stereocenters. The van der Waals surface area contributed by atoms with Gasteiger partial charge in [0.05, 0.1) is 17.3 Å². The highest BCUT2D eigenvalue weighted by molar-refractivity contribution is 6.05. The normalized spacial score (nSPS) is 13.1. The van der Waals surface area contributed by atoms with E-state index < -0.39 is 17.8 Å². The van der Waals surface area contributed by atoms with E-state index in [1.165, 1.54) is 19.1 Å². The molecule has 1 aromatic carbocycles. The van der Waals surface area contributed by atoms with Crippen molar-refractivity contribution in [1.29, 1.82) is 0 Å². The lowest BCUT2D eigenvalue weighted by atomic mass is 10.0. The number of nitrogens with zero attached hydrogens (tertiary/aromatic N) is 1. The van der Waals surface area contributed by atoms with Gasteiger partial charge in [-0.25, -0.2) is 0 Å². The van der Waals surface area contributed by atoms with Crippen LogP contribution < -0.4 is 0 Å². The lowest BCUT2D eigenvalue weighted by Gasteiger charge is -2.25. The fourth-order valence-electron chi connectivity index (χ4n) is 3.27. The smallest absolute Gasteiger partial charge is 0.355 e. The highest BCUT2D eigenvalue weighted by Crippen LogP contribution is 2.32. The summed E-state index contributed by atoms with van der Waals surface area (Å²) in [6, 6.07) is 4.67. The standard InChI is InChI=1S/C20H23F3N2O2/c1-11-17(14(4)26)12(2)24-18(11)19(27)13(3)25(5)10-15-8-6-7-9-16(15)20(21,22)23/h6-9,13,24H,10H2,1-5H3. The molecule has 4 nitrogen and oxygen atoms in total. The minimum atomic E-state index is -4.45. The maximum absolute atomic E-state index is 13.2. The molecule has 0 aliphatic heterocycles. The lowest BCUT2D eigenvalue weighted by Crippen LogP contribution is -2.36. The number of nitrogens with one attached hydrogen (secondary N) is 1. The van der Waals surface area contributed by atoms with Gasteiger partial charge in [-0.05, 0) is 51.9 Å². The maximum atomic E-state index is 13.2. The summed E-state index contributed by atoms with van der Waals surface area (Å²) in [5.74, 6) is -0.407. The van der Waals surface area contributed by atoms with Crippen molar-refractivity contribution in [2.45, 2.75) is 46.5 Å². The van der Waals surface area contributed by atoms with Gasteiger partial charge >= 0.3 is 6.18 Å². The number of benzene rings is 1. The number of rotatable bonds is 6. The van der Waals surface area contributed by atoms with Crippen molar-refractivity contribution in [2.24, 2.45) is 0 Å². The Morgan fingerprint density at radius 1 is 1.19 bits per heavy atom. The molecule has 0 bridgehead atoms. The van der Waals surface area contributed by atoms with E-state index in [1.54, 1.807) is 38.8 Å². The molecule has 2 aromatic rings. The Morgan fingerprint density at radius 2 is 1.78 bits per heavy atom. The number of ketones is 2. The molecule has 1 unspecified atom stereocenters. The summed E-state index contributed by atoms with van der Waals surface area (Å²) in [7, 11) is 1.60. The van der Waals surface area contributed by atoms with E-state index >= 15 is 0 Å². The summed E-state index contributed by atoms with van der Waals surface area (Å²) >= 11 is 0. The summed E-state index contributed by atoms with van der Waals surface area (Å²) in [5, 5.41) is 0. The van der Waals surface area contributed by atoms with Crippen LogP contribution in [0, 0.1) is 13.8 Å². The predicted molar refractivity (Wildman–Crippen MR) is 97.0 cm³/mol. The monoisotopic (exact) mass is 380 g/mol. The second kappa shape index (κ2) is 7.68. The Kier molecular flexibility index (Phi) is 5.94. The third kappa shape index (κ3) is 4.30. The fourth-order valence-corrected chi connectivity index (χ4v) is 3.27. The van der Waals surface area contributed by atoms with E-state index in [0.29, 0.717) is 22.5 Å². The highest BCUT2D eigenvalue weighted by Gasteiger charge is 2.34. The Balaban J connectivity index is 2.27. The number of alkyl halides is 3. The number of hydrogen-bond donors (Lipinski definition) is 1. The van der Waals surface area contributed by atoms with E-state index in [9.17, 15) is 22.8 Å². The van der Waals surface area contributed by atoms with Crippen LogP contribution in [-0.2, 0) is 12.7 Å². The number of carbonyl (C=O) groups excluding carboxylic acids is 2. The fraction of sp³-hybridized carbons (Fsp3) is 0.400. The van der Waals surface area contributed by atoms with Crippen molar-refractivity contribution in [3.05, 3.63) is 57.9 Å². The van der Waals surface area contributed by atoms with Gasteiger partial charge in [-0.15, -0.1) is 0 Å². The zero-order valence-electron chi connectivity index (χ0n) is 16.0. The first-order valence-electron chi connectivity index (χ1n) is 8.54. The van der Waals surface area contributed by atoms with Crippen LogP contribution in [0.1, 0.15) is 57.1 Å². The van der Waals surface area contributed by atoms with Crippen LogP contribution in [0.4, 0.5) is 13.2 Å². The molecule has 0 spiro atoms. The van der Waals surface area contributed by atoms with Gasteiger partial charge in [-0.3, -0.25) is 14.5 Å². The molecule has 7 heteroatoms. The molecule has 146 valence electrons. The van der Waals surface area contributed by atoms with E-state index in [-0.39, 0.29) is 23.7 Å². The van der Waals surface area contributed by atoms with Gasteiger partial charge in [0, 0.05) is 17.8 Å². The number of aromatic nitrogens is 1. The van der Waals surface area contributed by atoms with Crippen LogP contribution >= 0.6 is 0 Å². The summed E-state index contributed by atoms with van der Waals surface area (Å²) < 4.78 is 39.5. The minimum absolute atomic E-state index is 0.0269. The molecule has 0 radical (unpaired) electrons. The molecule has 0 amide bonds. The number of hydrogen-bond acceptors (Lipinski definition) is 3. The van der Waals surface area contributed by atoms with Gasteiger partial charge in [0.25, 0.3) is 0 Å². The number of Topliss-reactive ketones (excluding diaryl/α,β-unsaturated/α-hetero) is 2. The summed E-state index contributed by atoms with van der Waals surface area (Å²) in [4.78, 5) is 29.1. The molecule has 27 heavy (non-hydrogen) atoms. The van der Waals surface area contributed by atoms with Gasteiger partial charge in [0.1, 0.15) is 0 Å². The molecule has 1 aromatic heterocycles. The van der Waals surface area contributed by atoms with Crippen LogP contribution in [0.3, 0.4) is 0 Å². The Bertz CT molecular complexity index is 869. The van der Waals surface area contributed by atoms with E-state index in [2.05, 4.69) is 4.98 Å². The second-order valence-electron chi connectivity index (χ2n) is 6.79. The number of H-pyrrole nitrogens is 1. The lowest BCUT2D eigenvalue weighted by molar-refractivity contribution is -0.138. The first-order valence-corrected chi connectivity index (χ1v) is 8.54. The quantitative estimate of drug-likeness (QED) is 0.748. The number of aromatic amines is 1. The van der Waals surface area contributed by atoms with Crippen LogP contribution in [0.25, 0.3) is 0 Å². The van der Waals surface area contributed by atoms with Crippen molar-refractivity contribution in [3.63, 3.8) is 0 Å². The number of aryl methyl sites for hydroxylation is 1. The van der Waals surface area contributed by atoms with Crippen molar-refractivity contribution in [2.75, 3.05) is 7.05 Å². The Labute approximate surface area is 156 Å². The van der Waals surface area contributed by atoms with Crippen molar-refractivity contribution >= 4 is 11.6 Å². The second-order valence-corrected chi connectivity index (χ2v) is 6.79. The van der Waals surface area contributed by atoms with E-state index in [4.69, 9.17) is 0 Å². The minimum Gasteiger partial charge on any atom is -0.355 e. The summed E-state index contributed by atoms with van der Waals surface area (Å²) in [6.07, 6.45) is -4.45. The van der Waals surface area contributed by atoms with Gasteiger partial charge in [-0.1, -0.05) is 18.2 Å². The topological polar surface area (TPSA) is 53.2 Å². The summed E-state index contributed by atoms with van der Waals surface area (Å²) in [6.45, 7) is 6.46. The first kappa shape index (κ1) is 20.9. The highest BCUT2D eigenvalue weighted by atomic mass is 19.4. The van der Waals surface area contributed by atoms with Gasteiger partial charge < -0.3 is 4.98 Å². The van der Waals surface area contributed by atoms with E-state index in [0.717, 1.165) is 6.07 Å². The molecular weight excluding hydrogens is 357 g/mol. The third-order valence-corrected chi connectivity index (χ3v) is 4.82. The number of carbonyl (C=O) groups is 2. The molecule has 2 rings (SSSR count). The average Bonchev–Trinajstić information content (AvgIpc) is 2.87. The predicted octanol–water partition coefficient (Wildman–Crippen LogP) is 4.56. The third-order valence-electron chi connectivity index (χ3n) is 4.82. The first-order chi connectivity index (χ1) is 12.4. The molecule has 1 heterocycles.